The number of halogens is 1. The van der Waals surface area contributed by atoms with Gasteiger partial charge >= 0.3 is 0 Å². The van der Waals surface area contributed by atoms with E-state index in [1.807, 2.05) is 39.8 Å². The minimum Gasteiger partial charge on any atom is -0.492 e. The molecule has 0 bridgehead atoms. The van der Waals surface area contributed by atoms with Crippen molar-refractivity contribution in [2.75, 3.05) is 26.2 Å². The van der Waals surface area contributed by atoms with Gasteiger partial charge in [0.1, 0.15) is 18.9 Å². The van der Waals surface area contributed by atoms with Crippen molar-refractivity contribution >= 4 is 35.8 Å². The third-order valence-corrected chi connectivity index (χ3v) is 3.10. The second-order valence-corrected chi connectivity index (χ2v) is 7.09. The highest BCUT2D eigenvalue weighted by molar-refractivity contribution is 14.0. The fourth-order valence-electron chi connectivity index (χ4n) is 2.30. The van der Waals surface area contributed by atoms with Gasteiger partial charge in [-0.1, -0.05) is 6.07 Å². The molecule has 0 saturated heterocycles. The lowest BCUT2D eigenvalue weighted by Crippen LogP contribution is -2.43. The number of aryl methyl sites for hydroxylation is 2. The predicted molar refractivity (Wildman–Crippen MR) is 119 cm³/mol. The molecule has 0 fully saturated rings. The molecule has 1 aromatic carbocycles. The molecule has 6 nitrogen and oxygen atoms in total. The number of rotatable bonds is 7. The van der Waals surface area contributed by atoms with Crippen molar-refractivity contribution in [3.63, 3.8) is 0 Å². The maximum atomic E-state index is 11.8. The fraction of sp³-hybridized carbons (Fsp3) is 0.579. The zero-order chi connectivity index (χ0) is 18.9. The van der Waals surface area contributed by atoms with E-state index in [9.17, 15) is 4.79 Å². The van der Waals surface area contributed by atoms with Gasteiger partial charge in [-0.25, -0.2) is 4.99 Å². The van der Waals surface area contributed by atoms with Crippen molar-refractivity contribution < 1.29 is 9.53 Å². The minimum atomic E-state index is -0.252. The van der Waals surface area contributed by atoms with E-state index >= 15 is 0 Å². The zero-order valence-electron chi connectivity index (χ0n) is 16.7. The van der Waals surface area contributed by atoms with Crippen LogP contribution < -0.4 is 20.7 Å². The fourth-order valence-corrected chi connectivity index (χ4v) is 2.30. The molecular weight excluding hydrogens is 443 g/mol. The van der Waals surface area contributed by atoms with Crippen LogP contribution in [0.3, 0.4) is 0 Å². The lowest BCUT2D eigenvalue weighted by molar-refractivity contribution is -0.121. The SMILES string of the molecule is CCNC(=NCC(=O)NC(C)(C)C)NCCOc1cc(C)cc(C)c1.I. The molecule has 148 valence electrons. The van der Waals surface area contributed by atoms with E-state index in [0.717, 1.165) is 12.3 Å². The average molecular weight is 476 g/mol. The highest BCUT2D eigenvalue weighted by Gasteiger charge is 2.13. The molecule has 1 aromatic rings. The van der Waals surface area contributed by atoms with Gasteiger partial charge in [0.2, 0.25) is 5.91 Å². The number of aliphatic imine (C=N–C) groups is 1. The number of carbonyl (C=O) groups is 1. The first-order chi connectivity index (χ1) is 11.7. The molecule has 0 aliphatic carbocycles. The second-order valence-electron chi connectivity index (χ2n) is 7.09. The van der Waals surface area contributed by atoms with Crippen LogP contribution in [0.1, 0.15) is 38.8 Å². The lowest BCUT2D eigenvalue weighted by atomic mass is 10.1. The Morgan fingerprint density at radius 3 is 2.27 bits per heavy atom. The molecule has 0 saturated carbocycles. The van der Waals surface area contributed by atoms with Gasteiger partial charge in [0.15, 0.2) is 5.96 Å². The summed E-state index contributed by atoms with van der Waals surface area (Å²) in [7, 11) is 0. The second kappa shape index (κ2) is 12.0. The van der Waals surface area contributed by atoms with Gasteiger partial charge in [0, 0.05) is 12.1 Å². The first kappa shape index (κ1) is 24.5. The summed E-state index contributed by atoms with van der Waals surface area (Å²) in [6, 6.07) is 6.15. The Balaban J connectivity index is 0.00000625. The van der Waals surface area contributed by atoms with Crippen molar-refractivity contribution in [3.05, 3.63) is 29.3 Å². The van der Waals surface area contributed by atoms with Gasteiger partial charge in [0.25, 0.3) is 0 Å². The van der Waals surface area contributed by atoms with Gasteiger partial charge in [-0.15, -0.1) is 24.0 Å². The Hall–Kier alpha value is -1.51. The number of amides is 1. The molecule has 0 spiro atoms. The van der Waals surface area contributed by atoms with E-state index in [2.05, 4.69) is 40.9 Å². The van der Waals surface area contributed by atoms with Gasteiger partial charge in [-0.05, 0) is 64.8 Å². The monoisotopic (exact) mass is 476 g/mol. The number of guanidine groups is 1. The van der Waals surface area contributed by atoms with Crippen LogP contribution in [-0.2, 0) is 4.79 Å². The van der Waals surface area contributed by atoms with E-state index in [1.165, 1.54) is 11.1 Å². The average Bonchev–Trinajstić information content (AvgIpc) is 2.46. The summed E-state index contributed by atoms with van der Waals surface area (Å²) >= 11 is 0. The maximum absolute atomic E-state index is 11.8. The smallest absolute Gasteiger partial charge is 0.242 e. The van der Waals surface area contributed by atoms with E-state index in [0.29, 0.717) is 19.1 Å². The van der Waals surface area contributed by atoms with Crippen LogP contribution in [0.5, 0.6) is 5.75 Å². The van der Waals surface area contributed by atoms with Crippen LogP contribution in [0.4, 0.5) is 0 Å². The topological polar surface area (TPSA) is 74.8 Å². The molecule has 7 heteroatoms. The van der Waals surface area contributed by atoms with Gasteiger partial charge in [-0.3, -0.25) is 4.79 Å². The minimum absolute atomic E-state index is 0. The molecule has 3 N–H and O–H groups in total. The first-order valence-electron chi connectivity index (χ1n) is 8.74. The Labute approximate surface area is 174 Å². The number of nitrogens with zero attached hydrogens (tertiary/aromatic N) is 1. The molecule has 0 atom stereocenters. The van der Waals surface area contributed by atoms with Crippen LogP contribution in [0, 0.1) is 13.8 Å². The van der Waals surface area contributed by atoms with Crippen molar-refractivity contribution in [2.45, 2.75) is 47.1 Å². The summed E-state index contributed by atoms with van der Waals surface area (Å²) in [6.07, 6.45) is 0. The summed E-state index contributed by atoms with van der Waals surface area (Å²) < 4.78 is 5.76. The molecule has 26 heavy (non-hydrogen) atoms. The summed E-state index contributed by atoms with van der Waals surface area (Å²) in [5.74, 6) is 1.37. The normalized spacial score (nSPS) is 11.4. The van der Waals surface area contributed by atoms with Crippen LogP contribution in [0.15, 0.2) is 23.2 Å². The number of ether oxygens (including phenoxy) is 1. The number of nitrogens with one attached hydrogen (secondary N) is 3. The zero-order valence-corrected chi connectivity index (χ0v) is 19.1. The number of hydrogen-bond acceptors (Lipinski definition) is 3. The molecular formula is C19H33IN4O2. The third-order valence-electron chi connectivity index (χ3n) is 3.10. The highest BCUT2D eigenvalue weighted by Crippen LogP contribution is 2.15. The van der Waals surface area contributed by atoms with Crippen LogP contribution in [0.25, 0.3) is 0 Å². The summed E-state index contributed by atoms with van der Waals surface area (Å²) in [6.45, 7) is 13.9. The maximum Gasteiger partial charge on any atom is 0.242 e. The van der Waals surface area contributed by atoms with Crippen LogP contribution in [-0.4, -0.2) is 43.6 Å². The Kier molecular flexibility index (Phi) is 11.3. The van der Waals surface area contributed by atoms with Crippen LogP contribution in [0.2, 0.25) is 0 Å². The van der Waals surface area contributed by atoms with E-state index in [-0.39, 0.29) is 42.0 Å². The first-order valence-corrected chi connectivity index (χ1v) is 8.74. The number of benzene rings is 1. The summed E-state index contributed by atoms with van der Waals surface area (Å²) in [5.41, 5.74) is 2.11. The third kappa shape index (κ3) is 11.2. The molecule has 0 aliphatic rings. The van der Waals surface area contributed by atoms with Gasteiger partial charge in [-0.2, -0.15) is 0 Å². The number of hydrogen-bond donors (Lipinski definition) is 3. The predicted octanol–water partition coefficient (Wildman–Crippen LogP) is 2.77. The van der Waals surface area contributed by atoms with Gasteiger partial charge in [0.05, 0.1) is 6.54 Å². The Morgan fingerprint density at radius 1 is 1.12 bits per heavy atom. The quantitative estimate of drug-likeness (QED) is 0.245. The van der Waals surface area contributed by atoms with Crippen molar-refractivity contribution in [3.8, 4) is 5.75 Å². The Bertz CT molecular complexity index is 577. The van der Waals surface area contributed by atoms with E-state index in [1.54, 1.807) is 0 Å². The Morgan fingerprint density at radius 2 is 1.73 bits per heavy atom. The van der Waals surface area contributed by atoms with Crippen LogP contribution >= 0.6 is 24.0 Å². The lowest BCUT2D eigenvalue weighted by Gasteiger charge is -2.20. The summed E-state index contributed by atoms with van der Waals surface area (Å²) in [4.78, 5) is 16.1. The molecule has 1 rings (SSSR count). The molecule has 0 radical (unpaired) electrons. The molecule has 0 aromatic heterocycles. The van der Waals surface area contributed by atoms with Crippen molar-refractivity contribution in [2.24, 2.45) is 4.99 Å². The number of carbonyl (C=O) groups excluding carboxylic acids is 1. The van der Waals surface area contributed by atoms with Crippen molar-refractivity contribution in [1.29, 1.82) is 0 Å². The standard InChI is InChI=1S/C19H32N4O2.HI/c1-7-20-18(22-13-17(24)23-19(4,5)6)21-8-9-25-16-11-14(2)10-15(3)12-16;/h10-12H,7-9,13H2,1-6H3,(H,23,24)(H2,20,21,22);1H. The van der Waals surface area contributed by atoms with Gasteiger partial charge < -0.3 is 20.7 Å². The van der Waals surface area contributed by atoms with E-state index in [4.69, 9.17) is 4.74 Å². The molecule has 0 aliphatic heterocycles. The highest BCUT2D eigenvalue weighted by atomic mass is 127. The molecule has 0 heterocycles. The molecule has 1 amide bonds. The molecule has 0 unspecified atom stereocenters. The van der Waals surface area contributed by atoms with Crippen molar-refractivity contribution in [1.82, 2.24) is 16.0 Å². The largest absolute Gasteiger partial charge is 0.492 e. The van der Waals surface area contributed by atoms with E-state index < -0.39 is 0 Å². The summed E-state index contributed by atoms with van der Waals surface area (Å²) in [5, 5.41) is 9.18.